The smallest absolute Gasteiger partial charge is 0.404 e. The highest BCUT2D eigenvalue weighted by atomic mass is 35.5. The van der Waals surface area contributed by atoms with E-state index in [0.717, 1.165) is 25.7 Å². The number of halogens is 4. The van der Waals surface area contributed by atoms with Crippen molar-refractivity contribution < 1.29 is 32.2 Å². The predicted molar refractivity (Wildman–Crippen MR) is 142 cm³/mol. The molecular formula is C29H34ClF3N2O4. The minimum atomic E-state index is -4.63. The third-order valence-corrected chi connectivity index (χ3v) is 7.67. The van der Waals surface area contributed by atoms with Crippen LogP contribution in [-0.2, 0) is 9.53 Å². The quantitative estimate of drug-likeness (QED) is 0.359. The summed E-state index contributed by atoms with van der Waals surface area (Å²) < 4.78 is 52.2. The van der Waals surface area contributed by atoms with E-state index in [0.29, 0.717) is 68.0 Å². The monoisotopic (exact) mass is 566 g/mol. The molecule has 0 spiro atoms. The molecule has 2 aliphatic rings. The van der Waals surface area contributed by atoms with Gasteiger partial charge in [0.1, 0.15) is 5.75 Å². The van der Waals surface area contributed by atoms with Gasteiger partial charge in [-0.25, -0.2) is 0 Å². The molecule has 0 aromatic heterocycles. The van der Waals surface area contributed by atoms with E-state index in [1.165, 1.54) is 29.2 Å². The van der Waals surface area contributed by atoms with Crippen LogP contribution in [-0.4, -0.2) is 61.8 Å². The molecular weight excluding hydrogens is 533 g/mol. The van der Waals surface area contributed by atoms with E-state index in [2.05, 4.69) is 5.32 Å². The van der Waals surface area contributed by atoms with Gasteiger partial charge in [-0.2, -0.15) is 13.2 Å². The number of ether oxygens (including phenoxy) is 2. The van der Waals surface area contributed by atoms with E-state index in [-0.39, 0.29) is 17.5 Å². The van der Waals surface area contributed by atoms with Crippen molar-refractivity contribution in [1.29, 1.82) is 0 Å². The van der Waals surface area contributed by atoms with Crippen LogP contribution in [0.25, 0.3) is 0 Å². The first kappa shape index (κ1) is 29.2. The molecule has 6 nitrogen and oxygen atoms in total. The first-order valence-electron chi connectivity index (χ1n) is 13.4. The van der Waals surface area contributed by atoms with Gasteiger partial charge in [0.05, 0.1) is 29.8 Å². The first-order valence-corrected chi connectivity index (χ1v) is 13.8. The third kappa shape index (κ3) is 8.11. The van der Waals surface area contributed by atoms with Crippen LogP contribution in [0.5, 0.6) is 5.75 Å². The maximum Gasteiger partial charge on any atom is 0.404 e. The summed E-state index contributed by atoms with van der Waals surface area (Å²) in [5.74, 6) is -2.26. The van der Waals surface area contributed by atoms with Crippen LogP contribution in [0.4, 0.5) is 13.2 Å². The Labute approximate surface area is 231 Å². The average Bonchev–Trinajstić information content (AvgIpc) is 3.42. The second-order valence-corrected chi connectivity index (χ2v) is 10.6. The lowest BCUT2D eigenvalue weighted by Gasteiger charge is -2.35. The Kier molecular flexibility index (Phi) is 10.1. The summed E-state index contributed by atoms with van der Waals surface area (Å²) in [5.41, 5.74) is 0.376. The Balaban J connectivity index is 1.16. The number of carbonyl (C=O) groups excluding carboxylic acids is 2. The lowest BCUT2D eigenvalue weighted by molar-refractivity contribution is -0.172. The van der Waals surface area contributed by atoms with Crippen molar-refractivity contribution in [1.82, 2.24) is 10.2 Å². The number of alkyl halides is 3. The fraction of sp³-hybridized carbons (Fsp3) is 0.517. The fourth-order valence-electron chi connectivity index (χ4n) is 5.15. The maximum atomic E-state index is 13.7. The lowest BCUT2D eigenvalue weighted by atomic mass is 9.90. The summed E-state index contributed by atoms with van der Waals surface area (Å²) in [4.78, 5) is 26.6. The van der Waals surface area contributed by atoms with Crippen LogP contribution < -0.4 is 10.1 Å². The SMILES string of the molecule is O=C(N[C@H]1CCOC1)c1ccc(OCCCCC2CCN(C(=O)[C@H](c3ccccc3)C(F)(F)F)CC2)cc1Cl. The Morgan fingerprint density at radius 1 is 1.08 bits per heavy atom. The van der Waals surface area contributed by atoms with Crippen LogP contribution in [0, 0.1) is 5.92 Å². The molecule has 2 aromatic rings. The summed E-state index contributed by atoms with van der Waals surface area (Å²) in [6, 6.07) is 12.4. The second-order valence-electron chi connectivity index (χ2n) is 10.2. The highest BCUT2D eigenvalue weighted by molar-refractivity contribution is 6.34. The van der Waals surface area contributed by atoms with E-state index in [9.17, 15) is 22.8 Å². The van der Waals surface area contributed by atoms with Gasteiger partial charge in [0.2, 0.25) is 5.91 Å². The highest BCUT2D eigenvalue weighted by Gasteiger charge is 2.47. The number of hydrogen-bond acceptors (Lipinski definition) is 4. The molecule has 1 N–H and O–H groups in total. The molecule has 0 unspecified atom stereocenters. The summed E-state index contributed by atoms with van der Waals surface area (Å²) in [7, 11) is 0. The highest BCUT2D eigenvalue weighted by Crippen LogP contribution is 2.37. The van der Waals surface area contributed by atoms with Gasteiger partial charge >= 0.3 is 6.18 Å². The van der Waals surface area contributed by atoms with Crippen LogP contribution in [0.2, 0.25) is 5.02 Å². The molecule has 0 aliphatic carbocycles. The Morgan fingerprint density at radius 3 is 2.46 bits per heavy atom. The maximum absolute atomic E-state index is 13.7. The number of carbonyl (C=O) groups is 2. The topological polar surface area (TPSA) is 67.9 Å². The summed E-state index contributed by atoms with van der Waals surface area (Å²) in [6.07, 6.45) is 0.190. The van der Waals surface area contributed by atoms with Crippen molar-refractivity contribution in [2.24, 2.45) is 5.92 Å². The van der Waals surface area contributed by atoms with Crippen LogP contribution in [0.15, 0.2) is 48.5 Å². The van der Waals surface area contributed by atoms with E-state index < -0.39 is 18.0 Å². The second kappa shape index (κ2) is 13.5. The Hall–Kier alpha value is -2.78. The van der Waals surface area contributed by atoms with Crippen molar-refractivity contribution in [3.8, 4) is 5.75 Å². The van der Waals surface area contributed by atoms with Gasteiger partial charge in [-0.15, -0.1) is 0 Å². The normalized spacial score (nSPS) is 19.1. The number of piperidine rings is 1. The van der Waals surface area contributed by atoms with Crippen molar-refractivity contribution >= 4 is 23.4 Å². The standard InChI is InChI=1S/C29H34ClF3N2O4/c30-25-18-23(9-10-24(25)27(36)34-22-13-17-38-19-22)39-16-5-4-6-20-11-14-35(15-12-20)28(37)26(29(31,32)33)21-7-2-1-3-8-21/h1-3,7-10,18,20,22,26H,4-6,11-17,19H2,(H,34,36)/t22-,26-/m0/s1. The minimum Gasteiger partial charge on any atom is -0.494 e. The van der Waals surface area contributed by atoms with Crippen molar-refractivity contribution in [3.05, 3.63) is 64.7 Å². The molecule has 2 atom stereocenters. The summed E-state index contributed by atoms with van der Waals surface area (Å²) in [6.45, 7) is 2.32. The number of unbranched alkanes of at least 4 members (excludes halogenated alkanes) is 1. The van der Waals surface area contributed by atoms with Gasteiger partial charge in [0.25, 0.3) is 5.91 Å². The van der Waals surface area contributed by atoms with Gasteiger partial charge in [0.15, 0.2) is 5.92 Å². The summed E-state index contributed by atoms with van der Waals surface area (Å²) in [5, 5.41) is 3.24. The molecule has 2 aromatic carbocycles. The van der Waals surface area contributed by atoms with Crippen molar-refractivity contribution in [2.45, 2.75) is 56.7 Å². The molecule has 2 heterocycles. The molecule has 2 fully saturated rings. The van der Waals surface area contributed by atoms with Gasteiger partial charge in [0, 0.05) is 19.7 Å². The number of likely N-dealkylation sites (tertiary alicyclic amines) is 1. The van der Waals surface area contributed by atoms with Crippen LogP contribution >= 0.6 is 11.6 Å². The minimum absolute atomic E-state index is 0.00307. The molecule has 2 amide bonds. The van der Waals surface area contributed by atoms with Gasteiger partial charge in [-0.3, -0.25) is 9.59 Å². The molecule has 0 bridgehead atoms. The van der Waals surface area contributed by atoms with E-state index in [1.54, 1.807) is 24.3 Å². The number of hydrogen-bond donors (Lipinski definition) is 1. The molecule has 4 rings (SSSR count). The number of nitrogens with zero attached hydrogens (tertiary/aromatic N) is 1. The number of nitrogens with one attached hydrogen (secondary N) is 1. The zero-order valence-corrected chi connectivity index (χ0v) is 22.5. The van der Waals surface area contributed by atoms with Crippen molar-refractivity contribution in [3.63, 3.8) is 0 Å². The molecule has 212 valence electrons. The number of amides is 2. The van der Waals surface area contributed by atoms with E-state index in [1.807, 2.05) is 0 Å². The molecule has 10 heteroatoms. The van der Waals surface area contributed by atoms with Gasteiger partial charge in [-0.1, -0.05) is 48.4 Å². The Morgan fingerprint density at radius 2 is 1.82 bits per heavy atom. The largest absolute Gasteiger partial charge is 0.494 e. The molecule has 0 saturated carbocycles. The Bertz CT molecular complexity index is 1100. The average molecular weight is 567 g/mol. The van der Waals surface area contributed by atoms with Gasteiger partial charge < -0.3 is 19.7 Å². The molecule has 2 saturated heterocycles. The van der Waals surface area contributed by atoms with Crippen LogP contribution in [0.1, 0.15) is 60.4 Å². The predicted octanol–water partition coefficient (Wildman–Crippen LogP) is 5.99. The molecule has 2 aliphatic heterocycles. The lowest BCUT2D eigenvalue weighted by Crippen LogP contribution is -2.44. The number of rotatable bonds is 10. The number of benzene rings is 2. The first-order chi connectivity index (χ1) is 18.7. The molecule has 39 heavy (non-hydrogen) atoms. The third-order valence-electron chi connectivity index (χ3n) is 7.36. The fourth-order valence-corrected chi connectivity index (χ4v) is 5.40. The van der Waals surface area contributed by atoms with E-state index in [4.69, 9.17) is 21.1 Å². The zero-order valence-electron chi connectivity index (χ0n) is 21.7. The van der Waals surface area contributed by atoms with Gasteiger partial charge in [-0.05, 0) is 61.8 Å². The van der Waals surface area contributed by atoms with E-state index >= 15 is 0 Å². The zero-order chi connectivity index (χ0) is 27.8. The molecule has 0 radical (unpaired) electrons. The summed E-state index contributed by atoms with van der Waals surface area (Å²) >= 11 is 6.30. The van der Waals surface area contributed by atoms with Crippen LogP contribution in [0.3, 0.4) is 0 Å². The van der Waals surface area contributed by atoms with Crippen molar-refractivity contribution in [2.75, 3.05) is 32.9 Å².